The Morgan fingerprint density at radius 3 is 2.46 bits per heavy atom. The average Bonchev–Trinajstić information content (AvgIpc) is 2.20. The highest BCUT2D eigenvalue weighted by molar-refractivity contribution is 5.58. The van der Waals surface area contributed by atoms with Gasteiger partial charge in [-0.2, -0.15) is 0 Å². The summed E-state index contributed by atoms with van der Waals surface area (Å²) in [4.78, 5) is 3.96. The molecule has 1 radical (unpaired) electrons. The summed E-state index contributed by atoms with van der Waals surface area (Å²) in [5.74, 6) is -0.314. The number of hydrogen-bond donors (Lipinski definition) is 0. The van der Waals surface area contributed by atoms with Crippen LogP contribution in [0.5, 0.6) is 0 Å². The third-order valence-corrected chi connectivity index (χ3v) is 1.74. The summed E-state index contributed by atoms with van der Waals surface area (Å²) in [6.45, 7) is 0. The maximum absolute atomic E-state index is 12.5. The van der Waals surface area contributed by atoms with E-state index in [0.717, 1.165) is 11.3 Å². The SMILES string of the molecule is Fc1ccc(-c2cc[c]cc2)nc1. The molecule has 1 heterocycles. The Morgan fingerprint density at radius 2 is 1.85 bits per heavy atom. The first-order chi connectivity index (χ1) is 6.36. The lowest BCUT2D eigenvalue weighted by atomic mass is 10.1. The van der Waals surface area contributed by atoms with Gasteiger partial charge in [0.25, 0.3) is 0 Å². The van der Waals surface area contributed by atoms with Crippen LogP contribution in [-0.2, 0) is 0 Å². The predicted molar refractivity (Wildman–Crippen MR) is 48.5 cm³/mol. The molecule has 63 valence electrons. The van der Waals surface area contributed by atoms with Gasteiger partial charge in [-0.15, -0.1) is 0 Å². The molecule has 0 fully saturated rings. The molecule has 0 bridgehead atoms. The van der Waals surface area contributed by atoms with E-state index in [-0.39, 0.29) is 5.82 Å². The smallest absolute Gasteiger partial charge is 0.141 e. The molecule has 0 N–H and O–H groups in total. The molecule has 1 aromatic heterocycles. The highest BCUT2D eigenvalue weighted by Gasteiger charge is 1.97. The van der Waals surface area contributed by atoms with Gasteiger partial charge in [-0.3, -0.25) is 4.98 Å². The Labute approximate surface area is 75.9 Å². The fourth-order valence-corrected chi connectivity index (χ4v) is 1.10. The predicted octanol–water partition coefficient (Wildman–Crippen LogP) is 2.69. The zero-order chi connectivity index (χ0) is 9.10. The number of halogens is 1. The van der Waals surface area contributed by atoms with Gasteiger partial charge in [0.2, 0.25) is 0 Å². The molecule has 2 heteroatoms. The minimum atomic E-state index is -0.314. The number of aromatic nitrogens is 1. The van der Waals surface area contributed by atoms with Gasteiger partial charge < -0.3 is 0 Å². The van der Waals surface area contributed by atoms with Crippen molar-refractivity contribution in [3.8, 4) is 11.3 Å². The number of benzene rings is 1. The van der Waals surface area contributed by atoms with Crippen molar-refractivity contribution in [3.63, 3.8) is 0 Å². The van der Waals surface area contributed by atoms with E-state index in [1.54, 1.807) is 18.2 Å². The van der Waals surface area contributed by atoms with E-state index in [2.05, 4.69) is 11.1 Å². The van der Waals surface area contributed by atoms with Crippen molar-refractivity contribution in [2.75, 3.05) is 0 Å². The van der Waals surface area contributed by atoms with Crippen LogP contribution in [0.25, 0.3) is 11.3 Å². The van der Waals surface area contributed by atoms with Crippen LogP contribution in [0, 0.1) is 11.9 Å². The summed E-state index contributed by atoms with van der Waals surface area (Å²) >= 11 is 0. The topological polar surface area (TPSA) is 12.9 Å². The molecule has 1 nitrogen and oxygen atoms in total. The van der Waals surface area contributed by atoms with Crippen LogP contribution < -0.4 is 0 Å². The number of pyridine rings is 1. The first kappa shape index (κ1) is 7.92. The van der Waals surface area contributed by atoms with E-state index < -0.39 is 0 Å². The first-order valence-corrected chi connectivity index (χ1v) is 3.94. The Balaban J connectivity index is 2.42. The summed E-state index contributed by atoms with van der Waals surface area (Å²) in [5, 5.41) is 0. The van der Waals surface area contributed by atoms with Crippen LogP contribution in [0.3, 0.4) is 0 Å². The average molecular weight is 172 g/mol. The van der Waals surface area contributed by atoms with Crippen molar-refractivity contribution >= 4 is 0 Å². The third kappa shape index (κ3) is 1.72. The Morgan fingerprint density at radius 1 is 1.08 bits per heavy atom. The van der Waals surface area contributed by atoms with Crippen molar-refractivity contribution in [1.82, 2.24) is 4.98 Å². The van der Waals surface area contributed by atoms with Gasteiger partial charge in [0.15, 0.2) is 0 Å². The molecule has 0 spiro atoms. The highest BCUT2D eigenvalue weighted by Crippen LogP contribution is 2.15. The van der Waals surface area contributed by atoms with E-state index >= 15 is 0 Å². The Kier molecular flexibility index (Phi) is 2.04. The second kappa shape index (κ2) is 3.35. The Hall–Kier alpha value is -1.70. The van der Waals surface area contributed by atoms with Crippen LogP contribution in [-0.4, -0.2) is 4.98 Å². The maximum Gasteiger partial charge on any atom is 0.141 e. The summed E-state index contributed by atoms with van der Waals surface area (Å²) in [5.41, 5.74) is 1.74. The zero-order valence-corrected chi connectivity index (χ0v) is 6.87. The fourth-order valence-electron chi connectivity index (χ4n) is 1.10. The van der Waals surface area contributed by atoms with Gasteiger partial charge in [-0.1, -0.05) is 24.3 Å². The van der Waals surface area contributed by atoms with Crippen LogP contribution >= 0.6 is 0 Å². The van der Waals surface area contributed by atoms with Crippen LogP contribution in [0.15, 0.2) is 42.6 Å². The molecule has 0 saturated heterocycles. The zero-order valence-electron chi connectivity index (χ0n) is 6.87. The second-order valence-electron chi connectivity index (χ2n) is 2.65. The van der Waals surface area contributed by atoms with Crippen LogP contribution in [0.1, 0.15) is 0 Å². The molecular weight excluding hydrogens is 165 g/mol. The Bertz CT molecular complexity index is 381. The lowest BCUT2D eigenvalue weighted by molar-refractivity contribution is 0.622. The van der Waals surface area contributed by atoms with Crippen LogP contribution in [0.2, 0.25) is 0 Å². The molecule has 13 heavy (non-hydrogen) atoms. The van der Waals surface area contributed by atoms with E-state index in [1.807, 2.05) is 12.1 Å². The van der Waals surface area contributed by atoms with Crippen molar-refractivity contribution in [2.24, 2.45) is 0 Å². The van der Waals surface area contributed by atoms with Gasteiger partial charge in [-0.25, -0.2) is 4.39 Å². The fraction of sp³-hybridized carbons (Fsp3) is 0. The minimum Gasteiger partial charge on any atom is -0.253 e. The molecule has 0 amide bonds. The number of rotatable bonds is 1. The van der Waals surface area contributed by atoms with Gasteiger partial charge in [0.1, 0.15) is 5.82 Å². The molecule has 0 aliphatic carbocycles. The molecule has 2 aromatic rings. The van der Waals surface area contributed by atoms with E-state index in [9.17, 15) is 4.39 Å². The van der Waals surface area contributed by atoms with Gasteiger partial charge in [0, 0.05) is 5.56 Å². The molecule has 0 atom stereocenters. The summed E-state index contributed by atoms with van der Waals surface area (Å²) in [6.07, 6.45) is 1.21. The lowest BCUT2D eigenvalue weighted by Crippen LogP contribution is -1.83. The monoisotopic (exact) mass is 172 g/mol. The van der Waals surface area contributed by atoms with Crippen molar-refractivity contribution in [3.05, 3.63) is 54.5 Å². The van der Waals surface area contributed by atoms with E-state index in [1.165, 1.54) is 12.3 Å². The van der Waals surface area contributed by atoms with Crippen molar-refractivity contribution in [2.45, 2.75) is 0 Å². The second-order valence-corrected chi connectivity index (χ2v) is 2.65. The molecule has 0 saturated carbocycles. The van der Waals surface area contributed by atoms with Crippen molar-refractivity contribution < 1.29 is 4.39 Å². The third-order valence-electron chi connectivity index (χ3n) is 1.74. The summed E-state index contributed by atoms with van der Waals surface area (Å²) < 4.78 is 12.5. The standard InChI is InChI=1S/C11H7FN/c12-10-6-7-11(13-8-10)9-4-2-1-3-5-9/h2-8H. The largest absolute Gasteiger partial charge is 0.253 e. The molecule has 2 rings (SSSR count). The lowest BCUT2D eigenvalue weighted by Gasteiger charge is -1.98. The molecule has 0 unspecified atom stereocenters. The molecular formula is C11H7FN. The molecule has 0 aliphatic rings. The minimum absolute atomic E-state index is 0.314. The molecule has 0 aliphatic heterocycles. The number of hydrogen-bond acceptors (Lipinski definition) is 1. The van der Waals surface area contributed by atoms with Gasteiger partial charge in [0.05, 0.1) is 11.9 Å². The van der Waals surface area contributed by atoms with Gasteiger partial charge >= 0.3 is 0 Å². The normalized spacial score (nSPS) is 9.92. The van der Waals surface area contributed by atoms with Gasteiger partial charge in [-0.05, 0) is 18.2 Å². The van der Waals surface area contributed by atoms with Crippen molar-refractivity contribution in [1.29, 1.82) is 0 Å². The number of nitrogens with zero attached hydrogens (tertiary/aromatic N) is 1. The summed E-state index contributed by atoms with van der Waals surface area (Å²) in [6, 6.07) is 13.4. The highest BCUT2D eigenvalue weighted by atomic mass is 19.1. The maximum atomic E-state index is 12.5. The van der Waals surface area contributed by atoms with Crippen LogP contribution in [0.4, 0.5) is 4.39 Å². The first-order valence-electron chi connectivity index (χ1n) is 3.94. The van der Waals surface area contributed by atoms with E-state index in [4.69, 9.17) is 0 Å². The summed E-state index contributed by atoms with van der Waals surface area (Å²) in [7, 11) is 0. The molecule has 1 aromatic carbocycles. The quantitative estimate of drug-likeness (QED) is 0.644. The van der Waals surface area contributed by atoms with E-state index in [0.29, 0.717) is 0 Å².